The van der Waals surface area contributed by atoms with Crippen molar-refractivity contribution in [2.24, 2.45) is 12.2 Å². The van der Waals surface area contributed by atoms with Gasteiger partial charge in [0.15, 0.2) is 0 Å². The van der Waals surface area contributed by atoms with E-state index < -0.39 is 10.2 Å². The fourth-order valence-electron chi connectivity index (χ4n) is 2.71. The molecule has 0 atom stereocenters. The smallest absolute Gasteiger partial charge is 0.276 e. The monoisotopic (exact) mass is 343 g/mol. The number of aromatic nitrogens is 2. The lowest BCUT2D eigenvalue weighted by molar-refractivity contribution is 0.177. The van der Waals surface area contributed by atoms with Crippen molar-refractivity contribution in [2.75, 3.05) is 26.2 Å². The summed E-state index contributed by atoms with van der Waals surface area (Å²) in [4.78, 5) is 6.79. The summed E-state index contributed by atoms with van der Waals surface area (Å²) in [5.74, 6) is 0.932. The van der Waals surface area contributed by atoms with Crippen LogP contribution in [0.2, 0.25) is 5.02 Å². The minimum atomic E-state index is -3.58. The summed E-state index contributed by atoms with van der Waals surface area (Å²) in [6, 6.07) is 5.65. The number of benzene rings is 1. The third kappa shape index (κ3) is 3.11. The van der Waals surface area contributed by atoms with Gasteiger partial charge in [0.25, 0.3) is 10.2 Å². The van der Waals surface area contributed by atoms with E-state index in [1.54, 1.807) is 0 Å². The topological polar surface area (TPSA) is 84.5 Å². The molecular weight excluding hydrogens is 326 g/mol. The van der Waals surface area contributed by atoms with Crippen LogP contribution in [0.3, 0.4) is 0 Å². The molecule has 120 valence electrons. The minimum Gasteiger partial charge on any atom is -0.330 e. The average molecular weight is 344 g/mol. The maximum Gasteiger partial charge on any atom is 0.276 e. The Kier molecular flexibility index (Phi) is 4.13. The molecule has 0 unspecified atom stereocenters. The van der Waals surface area contributed by atoms with E-state index in [-0.39, 0.29) is 0 Å². The first-order valence-corrected chi connectivity index (χ1v) is 8.84. The molecule has 1 aromatic heterocycles. The maximum absolute atomic E-state index is 11.3. The molecule has 0 spiro atoms. The van der Waals surface area contributed by atoms with Crippen LogP contribution >= 0.6 is 11.6 Å². The number of aryl methyl sites for hydroxylation is 1. The maximum atomic E-state index is 11.3. The van der Waals surface area contributed by atoms with Crippen molar-refractivity contribution in [3.63, 3.8) is 0 Å². The van der Waals surface area contributed by atoms with E-state index in [1.807, 2.05) is 29.8 Å². The summed E-state index contributed by atoms with van der Waals surface area (Å²) < 4.78 is 26.0. The van der Waals surface area contributed by atoms with E-state index in [0.29, 0.717) is 37.7 Å². The van der Waals surface area contributed by atoms with Gasteiger partial charge in [0.05, 0.1) is 17.6 Å². The molecule has 1 aliphatic heterocycles. The van der Waals surface area contributed by atoms with Gasteiger partial charge in [-0.1, -0.05) is 11.6 Å². The molecule has 0 aliphatic carbocycles. The third-order valence-electron chi connectivity index (χ3n) is 3.99. The van der Waals surface area contributed by atoms with Crippen molar-refractivity contribution in [3.05, 3.63) is 29.0 Å². The third-order valence-corrected chi connectivity index (χ3v) is 5.31. The normalized spacial score (nSPS) is 18.1. The van der Waals surface area contributed by atoms with Crippen LogP contribution < -0.4 is 5.14 Å². The number of halogens is 1. The van der Waals surface area contributed by atoms with Crippen LogP contribution in [0.15, 0.2) is 18.2 Å². The first kappa shape index (κ1) is 15.7. The standard InChI is InChI=1S/C13H18ClN5O2S/c1-17-12-3-2-10(14)8-11(12)16-13(17)9-18-4-6-19(7-5-18)22(15,20)21/h2-3,8H,4-7,9H2,1H3,(H2,15,20,21). The Morgan fingerprint density at radius 3 is 2.59 bits per heavy atom. The molecule has 2 heterocycles. The lowest BCUT2D eigenvalue weighted by Gasteiger charge is -2.32. The van der Waals surface area contributed by atoms with E-state index in [4.69, 9.17) is 16.7 Å². The van der Waals surface area contributed by atoms with Gasteiger partial charge in [0.1, 0.15) is 5.82 Å². The molecule has 1 saturated heterocycles. The summed E-state index contributed by atoms with van der Waals surface area (Å²) in [5, 5.41) is 5.81. The van der Waals surface area contributed by atoms with Gasteiger partial charge in [-0.3, -0.25) is 4.90 Å². The zero-order chi connectivity index (χ0) is 15.9. The Balaban J connectivity index is 1.73. The first-order chi connectivity index (χ1) is 10.3. The summed E-state index contributed by atoms with van der Waals surface area (Å²) >= 11 is 6.00. The lowest BCUT2D eigenvalue weighted by atomic mass is 10.3. The second kappa shape index (κ2) is 5.78. The molecule has 2 aromatic rings. The molecule has 9 heteroatoms. The van der Waals surface area contributed by atoms with Crippen molar-refractivity contribution in [1.29, 1.82) is 0 Å². The molecule has 22 heavy (non-hydrogen) atoms. The number of piperazine rings is 1. The number of hydrogen-bond donors (Lipinski definition) is 1. The Morgan fingerprint density at radius 1 is 1.27 bits per heavy atom. The van der Waals surface area contributed by atoms with Gasteiger partial charge in [-0.2, -0.15) is 12.7 Å². The predicted octanol–water partition coefficient (Wildman–Crippen LogP) is 0.548. The second-order valence-corrected chi connectivity index (χ2v) is 7.42. The highest BCUT2D eigenvalue weighted by atomic mass is 35.5. The molecule has 7 nitrogen and oxygen atoms in total. The van der Waals surface area contributed by atoms with Crippen molar-refractivity contribution >= 4 is 32.8 Å². The van der Waals surface area contributed by atoms with Gasteiger partial charge in [-0.05, 0) is 18.2 Å². The fraction of sp³-hybridized carbons (Fsp3) is 0.462. The Hall–Kier alpha value is -1.19. The van der Waals surface area contributed by atoms with E-state index in [9.17, 15) is 8.42 Å². The Bertz CT molecular complexity index is 796. The van der Waals surface area contributed by atoms with Crippen LogP contribution in [0.4, 0.5) is 0 Å². The van der Waals surface area contributed by atoms with Gasteiger partial charge in [-0.15, -0.1) is 0 Å². The van der Waals surface area contributed by atoms with Crippen molar-refractivity contribution in [2.45, 2.75) is 6.54 Å². The highest BCUT2D eigenvalue weighted by Gasteiger charge is 2.24. The number of fused-ring (bicyclic) bond motifs is 1. The molecule has 3 rings (SSSR count). The largest absolute Gasteiger partial charge is 0.330 e. The van der Waals surface area contributed by atoms with Gasteiger partial charge in [-0.25, -0.2) is 10.1 Å². The minimum absolute atomic E-state index is 0.411. The number of nitrogens with zero attached hydrogens (tertiary/aromatic N) is 4. The average Bonchev–Trinajstić information content (AvgIpc) is 2.74. The summed E-state index contributed by atoms with van der Waals surface area (Å²) in [5.41, 5.74) is 1.90. The predicted molar refractivity (Wildman–Crippen MR) is 85.7 cm³/mol. The first-order valence-electron chi connectivity index (χ1n) is 6.95. The second-order valence-electron chi connectivity index (χ2n) is 5.44. The van der Waals surface area contributed by atoms with E-state index in [0.717, 1.165) is 16.9 Å². The molecule has 2 N–H and O–H groups in total. The van der Waals surface area contributed by atoms with Crippen LogP contribution in [0, 0.1) is 0 Å². The van der Waals surface area contributed by atoms with Crippen LogP contribution in [-0.4, -0.2) is 53.4 Å². The van der Waals surface area contributed by atoms with E-state index >= 15 is 0 Å². The van der Waals surface area contributed by atoms with Gasteiger partial charge in [0.2, 0.25) is 0 Å². The number of nitrogens with two attached hydrogens (primary N) is 1. The number of rotatable bonds is 3. The molecule has 0 bridgehead atoms. The number of imidazole rings is 1. The molecule has 1 fully saturated rings. The van der Waals surface area contributed by atoms with Crippen LogP contribution in [0.1, 0.15) is 5.82 Å². The lowest BCUT2D eigenvalue weighted by Crippen LogP contribution is -2.50. The molecule has 0 amide bonds. The molecule has 1 aromatic carbocycles. The Labute approximate surface area is 134 Å². The van der Waals surface area contributed by atoms with Crippen molar-refractivity contribution in [3.8, 4) is 0 Å². The summed E-state index contributed by atoms with van der Waals surface area (Å²) in [6.07, 6.45) is 0. The number of hydrogen-bond acceptors (Lipinski definition) is 4. The van der Waals surface area contributed by atoms with Crippen LogP contribution in [-0.2, 0) is 23.8 Å². The highest BCUT2D eigenvalue weighted by molar-refractivity contribution is 7.86. The van der Waals surface area contributed by atoms with Gasteiger partial charge < -0.3 is 4.57 Å². The zero-order valence-electron chi connectivity index (χ0n) is 12.2. The Morgan fingerprint density at radius 2 is 1.95 bits per heavy atom. The SMILES string of the molecule is Cn1c(CN2CCN(S(N)(=O)=O)CC2)nc2cc(Cl)ccc21. The van der Waals surface area contributed by atoms with E-state index in [2.05, 4.69) is 9.88 Å². The van der Waals surface area contributed by atoms with Gasteiger partial charge in [0, 0.05) is 38.2 Å². The van der Waals surface area contributed by atoms with E-state index in [1.165, 1.54) is 4.31 Å². The zero-order valence-corrected chi connectivity index (χ0v) is 13.8. The van der Waals surface area contributed by atoms with Crippen molar-refractivity contribution in [1.82, 2.24) is 18.8 Å². The van der Waals surface area contributed by atoms with Crippen molar-refractivity contribution < 1.29 is 8.42 Å². The molecule has 1 aliphatic rings. The molecule has 0 saturated carbocycles. The quantitative estimate of drug-likeness (QED) is 0.882. The fourth-order valence-corrected chi connectivity index (χ4v) is 3.54. The summed E-state index contributed by atoms with van der Waals surface area (Å²) in [7, 11) is -1.61. The van der Waals surface area contributed by atoms with Gasteiger partial charge >= 0.3 is 0 Å². The van der Waals surface area contributed by atoms with Crippen LogP contribution in [0.25, 0.3) is 11.0 Å². The molecule has 0 radical (unpaired) electrons. The van der Waals surface area contributed by atoms with Crippen LogP contribution in [0.5, 0.6) is 0 Å². The highest BCUT2D eigenvalue weighted by Crippen LogP contribution is 2.20. The molecular formula is C13H18ClN5O2S. The summed E-state index contributed by atoms with van der Waals surface area (Å²) in [6.45, 7) is 2.77.